The summed E-state index contributed by atoms with van der Waals surface area (Å²) >= 11 is 0. The molecule has 32 heavy (non-hydrogen) atoms. The summed E-state index contributed by atoms with van der Waals surface area (Å²) in [7, 11) is 0. The van der Waals surface area contributed by atoms with Crippen molar-refractivity contribution in [1.82, 2.24) is 0 Å². The second-order valence-electron chi connectivity index (χ2n) is 9.33. The molecule has 1 saturated carbocycles. The highest BCUT2D eigenvalue weighted by Crippen LogP contribution is 2.43. The van der Waals surface area contributed by atoms with E-state index in [1.165, 1.54) is 60.4 Å². The number of allylic oxidation sites excluding steroid dienone is 5. The molecule has 0 aromatic heterocycles. The molecule has 3 aliphatic rings. The first-order valence-corrected chi connectivity index (χ1v) is 11.6. The van der Waals surface area contributed by atoms with Gasteiger partial charge in [-0.15, -0.1) is 0 Å². The van der Waals surface area contributed by atoms with Gasteiger partial charge in [0.25, 0.3) is 0 Å². The molecule has 0 saturated heterocycles. The van der Waals surface area contributed by atoms with Crippen molar-refractivity contribution < 1.29 is 20.4 Å². The predicted molar refractivity (Wildman–Crippen MR) is 126 cm³/mol. The predicted octanol–water partition coefficient (Wildman–Crippen LogP) is 4.83. The molecular formula is C28H30O4. The molecule has 0 bridgehead atoms. The number of benzene rings is 2. The summed E-state index contributed by atoms with van der Waals surface area (Å²) in [4.78, 5) is 0. The number of aliphatic hydroxyl groups is 4. The summed E-state index contributed by atoms with van der Waals surface area (Å²) in [5.74, 6) is -1.65. The normalized spacial score (nSPS) is 20.9. The molecule has 5 rings (SSSR count). The molecule has 0 aliphatic heterocycles. The maximum Gasteiger partial charge on any atom is 0.304 e. The molecule has 1 unspecified atom stereocenters. The monoisotopic (exact) mass is 430 g/mol. The van der Waals surface area contributed by atoms with E-state index in [0.717, 1.165) is 23.5 Å². The van der Waals surface area contributed by atoms with Crippen LogP contribution in [0.1, 0.15) is 77.8 Å². The van der Waals surface area contributed by atoms with Crippen molar-refractivity contribution in [3.05, 3.63) is 88.0 Å². The fourth-order valence-electron chi connectivity index (χ4n) is 5.57. The summed E-state index contributed by atoms with van der Waals surface area (Å²) in [6.45, 7) is -0.385. The van der Waals surface area contributed by atoms with E-state index in [1.807, 2.05) is 6.07 Å². The quantitative estimate of drug-likeness (QED) is 0.513. The highest BCUT2D eigenvalue weighted by molar-refractivity contribution is 5.90. The van der Waals surface area contributed by atoms with E-state index in [9.17, 15) is 20.4 Å². The van der Waals surface area contributed by atoms with Crippen molar-refractivity contribution in [1.29, 1.82) is 0 Å². The second-order valence-corrected chi connectivity index (χ2v) is 9.33. The SMILES string of the molecule is OCc1ccc(C2=CCC(c3ccc4c(c3)C=CC4C3CCCCC3)=C2)cc1C(O)(O)O. The van der Waals surface area contributed by atoms with E-state index in [-0.39, 0.29) is 17.7 Å². The maximum absolute atomic E-state index is 9.66. The first-order valence-electron chi connectivity index (χ1n) is 11.6. The molecule has 3 aliphatic carbocycles. The Morgan fingerprint density at radius 1 is 0.906 bits per heavy atom. The first kappa shape index (κ1) is 21.4. The fraction of sp³-hybridized carbons (Fsp3) is 0.357. The van der Waals surface area contributed by atoms with Gasteiger partial charge in [0.2, 0.25) is 0 Å². The lowest BCUT2D eigenvalue weighted by molar-refractivity contribution is -0.324. The lowest BCUT2D eigenvalue weighted by Crippen LogP contribution is -2.25. The molecule has 0 spiro atoms. The van der Waals surface area contributed by atoms with Gasteiger partial charge in [0.1, 0.15) is 0 Å². The van der Waals surface area contributed by atoms with Crippen molar-refractivity contribution in [2.24, 2.45) is 5.92 Å². The lowest BCUT2D eigenvalue weighted by atomic mass is 9.77. The van der Waals surface area contributed by atoms with Crippen molar-refractivity contribution in [3.63, 3.8) is 0 Å². The first-order chi connectivity index (χ1) is 15.4. The molecule has 0 radical (unpaired) electrons. The minimum atomic E-state index is -2.99. The van der Waals surface area contributed by atoms with Gasteiger partial charge in [-0.2, -0.15) is 0 Å². The molecule has 0 amide bonds. The zero-order valence-electron chi connectivity index (χ0n) is 18.2. The van der Waals surface area contributed by atoms with Crippen LogP contribution in [0.25, 0.3) is 17.2 Å². The van der Waals surface area contributed by atoms with Crippen molar-refractivity contribution in [2.45, 2.75) is 57.0 Å². The highest BCUT2D eigenvalue weighted by atomic mass is 16.7. The molecule has 2 aromatic rings. The fourth-order valence-corrected chi connectivity index (χ4v) is 5.57. The van der Waals surface area contributed by atoms with Crippen LogP contribution in [-0.2, 0) is 12.6 Å². The van der Waals surface area contributed by atoms with Crippen LogP contribution in [0.2, 0.25) is 0 Å². The zero-order chi connectivity index (χ0) is 22.3. The molecule has 2 aromatic carbocycles. The number of rotatable bonds is 5. The summed E-state index contributed by atoms with van der Waals surface area (Å²) in [5.41, 5.74) is 7.12. The van der Waals surface area contributed by atoms with E-state index in [1.54, 1.807) is 6.07 Å². The van der Waals surface area contributed by atoms with Crippen LogP contribution in [0.15, 0.2) is 54.6 Å². The Balaban J connectivity index is 1.39. The van der Waals surface area contributed by atoms with Crippen molar-refractivity contribution >= 4 is 17.2 Å². The maximum atomic E-state index is 9.66. The molecule has 1 atom stereocenters. The van der Waals surface area contributed by atoms with Crippen molar-refractivity contribution in [2.75, 3.05) is 0 Å². The third kappa shape index (κ3) is 4.00. The third-order valence-electron chi connectivity index (χ3n) is 7.30. The Bertz CT molecular complexity index is 1110. The Morgan fingerprint density at radius 2 is 1.69 bits per heavy atom. The van der Waals surface area contributed by atoms with Crippen LogP contribution in [0.4, 0.5) is 0 Å². The van der Waals surface area contributed by atoms with Crippen LogP contribution >= 0.6 is 0 Å². The Morgan fingerprint density at radius 3 is 2.44 bits per heavy atom. The number of aliphatic hydroxyl groups excluding tert-OH is 1. The van der Waals surface area contributed by atoms with Gasteiger partial charge in [0, 0.05) is 11.5 Å². The van der Waals surface area contributed by atoms with Crippen LogP contribution in [0.3, 0.4) is 0 Å². The summed E-state index contributed by atoms with van der Waals surface area (Å²) < 4.78 is 0. The topological polar surface area (TPSA) is 80.9 Å². The van der Waals surface area contributed by atoms with E-state index < -0.39 is 5.97 Å². The van der Waals surface area contributed by atoms with Crippen LogP contribution in [0.5, 0.6) is 0 Å². The molecule has 4 nitrogen and oxygen atoms in total. The van der Waals surface area contributed by atoms with E-state index in [4.69, 9.17) is 0 Å². The smallest absolute Gasteiger partial charge is 0.304 e. The van der Waals surface area contributed by atoms with Crippen molar-refractivity contribution in [3.8, 4) is 0 Å². The molecule has 4 N–H and O–H groups in total. The lowest BCUT2D eigenvalue weighted by Gasteiger charge is -2.27. The Labute approximate surface area is 188 Å². The van der Waals surface area contributed by atoms with Crippen LogP contribution in [0, 0.1) is 5.92 Å². The molecular weight excluding hydrogens is 400 g/mol. The third-order valence-corrected chi connectivity index (χ3v) is 7.30. The number of fused-ring (bicyclic) bond motifs is 1. The van der Waals surface area contributed by atoms with Gasteiger partial charge in [-0.3, -0.25) is 0 Å². The minimum absolute atomic E-state index is 0.100. The number of hydrogen-bond donors (Lipinski definition) is 4. The van der Waals surface area contributed by atoms with Crippen LogP contribution < -0.4 is 0 Å². The summed E-state index contributed by atoms with van der Waals surface area (Å²) in [6, 6.07) is 11.8. The van der Waals surface area contributed by atoms with Gasteiger partial charge in [-0.25, -0.2) is 0 Å². The standard InChI is InChI=1S/C28H30O4/c29-17-24-9-8-22(16-27(24)28(30,31)32)20-7-6-19(14-20)21-10-12-26-23(15-21)11-13-25(26)18-4-2-1-3-5-18/h7-16,18,25,29-32H,1-6,17H2. The van der Waals surface area contributed by atoms with Gasteiger partial charge < -0.3 is 20.4 Å². The summed E-state index contributed by atoms with van der Waals surface area (Å²) in [5, 5.41) is 38.4. The van der Waals surface area contributed by atoms with Gasteiger partial charge in [0.05, 0.1) is 6.61 Å². The van der Waals surface area contributed by atoms with E-state index in [2.05, 4.69) is 42.5 Å². The second kappa shape index (κ2) is 8.45. The average molecular weight is 431 g/mol. The molecule has 4 heteroatoms. The largest absolute Gasteiger partial charge is 0.392 e. The van der Waals surface area contributed by atoms with Gasteiger partial charge >= 0.3 is 5.97 Å². The molecule has 166 valence electrons. The summed E-state index contributed by atoms with van der Waals surface area (Å²) in [6.07, 6.45) is 16.5. The Hall–Kier alpha value is -2.50. The van der Waals surface area contributed by atoms with Gasteiger partial charge in [0.15, 0.2) is 0 Å². The van der Waals surface area contributed by atoms with Crippen LogP contribution in [-0.4, -0.2) is 20.4 Å². The number of hydrogen-bond acceptors (Lipinski definition) is 4. The highest BCUT2D eigenvalue weighted by Gasteiger charge is 2.28. The van der Waals surface area contributed by atoms with Gasteiger partial charge in [-0.05, 0) is 76.3 Å². The Kier molecular flexibility index (Phi) is 5.64. The van der Waals surface area contributed by atoms with E-state index in [0.29, 0.717) is 5.92 Å². The van der Waals surface area contributed by atoms with E-state index >= 15 is 0 Å². The average Bonchev–Trinajstić information content (AvgIpc) is 3.46. The van der Waals surface area contributed by atoms with Gasteiger partial charge in [-0.1, -0.05) is 67.8 Å². The zero-order valence-corrected chi connectivity index (χ0v) is 18.2. The molecule has 1 fully saturated rings. The minimum Gasteiger partial charge on any atom is -0.392 e. The molecule has 0 heterocycles.